The van der Waals surface area contributed by atoms with Gasteiger partial charge in [-0.05, 0) is 37.3 Å². The quantitative estimate of drug-likeness (QED) is 0.796. The number of benzene rings is 1. The molecule has 1 amide bonds. The molecule has 4 nitrogen and oxygen atoms in total. The summed E-state index contributed by atoms with van der Waals surface area (Å²) >= 11 is 7.46. The molecule has 0 bridgehead atoms. The molecule has 0 saturated carbocycles. The first-order chi connectivity index (χ1) is 11.0. The van der Waals surface area contributed by atoms with E-state index >= 15 is 0 Å². The van der Waals surface area contributed by atoms with Crippen LogP contribution in [0.15, 0.2) is 36.4 Å². The summed E-state index contributed by atoms with van der Waals surface area (Å²) in [5.74, 6) is 0.110. The number of rotatable bonds is 3. The average Bonchev–Trinajstić information content (AvgIpc) is 3.04. The Hall–Kier alpha value is -1.85. The highest BCUT2D eigenvalue weighted by Crippen LogP contribution is 2.27. The third-order valence-electron chi connectivity index (χ3n) is 3.89. The summed E-state index contributed by atoms with van der Waals surface area (Å²) in [5, 5.41) is 1.66. The van der Waals surface area contributed by atoms with Crippen molar-refractivity contribution in [3.63, 3.8) is 0 Å². The number of hydrogen-bond acceptors (Lipinski definition) is 4. The first-order valence-corrected chi connectivity index (χ1v) is 8.64. The van der Waals surface area contributed by atoms with Gasteiger partial charge < -0.3 is 9.80 Å². The number of carbonyl (C=O) groups is 2. The highest BCUT2D eigenvalue weighted by Gasteiger charge is 2.23. The van der Waals surface area contributed by atoms with Gasteiger partial charge >= 0.3 is 0 Å². The van der Waals surface area contributed by atoms with Gasteiger partial charge in [0.15, 0.2) is 5.78 Å². The summed E-state index contributed by atoms with van der Waals surface area (Å²) in [6, 6.07) is 10.9. The zero-order valence-corrected chi connectivity index (χ0v) is 14.4. The maximum Gasteiger partial charge on any atom is 0.254 e. The third-order valence-corrected chi connectivity index (χ3v) is 5.37. The Kier molecular flexibility index (Phi) is 4.68. The van der Waals surface area contributed by atoms with Gasteiger partial charge in [-0.3, -0.25) is 9.59 Å². The van der Waals surface area contributed by atoms with Crippen LogP contribution in [0.5, 0.6) is 0 Å². The molecule has 0 N–H and O–H groups in total. The van der Waals surface area contributed by atoms with Gasteiger partial charge in [0.2, 0.25) is 0 Å². The minimum Gasteiger partial charge on any atom is -0.360 e. The summed E-state index contributed by atoms with van der Waals surface area (Å²) in [6.45, 7) is 4.45. The van der Waals surface area contributed by atoms with Gasteiger partial charge in [-0.1, -0.05) is 17.7 Å². The lowest BCUT2D eigenvalue weighted by Gasteiger charge is -2.35. The number of nitrogens with zero attached hydrogens (tertiary/aromatic N) is 2. The van der Waals surface area contributed by atoms with Crippen LogP contribution in [-0.4, -0.2) is 42.8 Å². The number of amides is 1. The van der Waals surface area contributed by atoms with Crippen molar-refractivity contribution in [3.05, 3.63) is 51.9 Å². The Bertz CT molecular complexity index is 736. The van der Waals surface area contributed by atoms with Gasteiger partial charge in [0.25, 0.3) is 5.91 Å². The Balaban J connectivity index is 1.63. The molecule has 120 valence electrons. The lowest BCUT2D eigenvalue weighted by Crippen LogP contribution is -2.48. The van der Waals surface area contributed by atoms with E-state index < -0.39 is 0 Å². The van der Waals surface area contributed by atoms with Crippen molar-refractivity contribution < 1.29 is 9.59 Å². The number of Topliss-reactive ketones (excluding diaryl/α,β-unsaturated/α-hetero) is 1. The second-order valence-electron chi connectivity index (χ2n) is 5.48. The standard InChI is InChI=1S/C17H17ClN2O2S/c1-12(21)15-5-6-16(23-15)19-7-9-20(10-8-19)17(22)13-3-2-4-14(18)11-13/h2-6,11H,7-10H2,1H3. The van der Waals surface area contributed by atoms with Crippen molar-refractivity contribution in [3.8, 4) is 0 Å². The van der Waals surface area contributed by atoms with Gasteiger partial charge in [-0.15, -0.1) is 11.3 Å². The molecule has 0 aliphatic carbocycles. The van der Waals surface area contributed by atoms with Gasteiger partial charge in [-0.25, -0.2) is 0 Å². The molecule has 2 aromatic rings. The molecule has 1 aromatic carbocycles. The maximum absolute atomic E-state index is 12.5. The second kappa shape index (κ2) is 6.72. The summed E-state index contributed by atoms with van der Waals surface area (Å²) < 4.78 is 0. The molecule has 1 aliphatic heterocycles. The topological polar surface area (TPSA) is 40.6 Å². The Morgan fingerprint density at radius 2 is 1.83 bits per heavy atom. The number of piperazine rings is 1. The summed E-state index contributed by atoms with van der Waals surface area (Å²) in [7, 11) is 0. The molecule has 1 fully saturated rings. The fourth-order valence-electron chi connectivity index (χ4n) is 2.62. The van der Waals surface area contributed by atoms with E-state index in [-0.39, 0.29) is 11.7 Å². The van der Waals surface area contributed by atoms with Gasteiger partial charge in [0.1, 0.15) is 0 Å². The highest BCUT2D eigenvalue weighted by atomic mass is 35.5. The van der Waals surface area contributed by atoms with E-state index in [1.165, 1.54) is 11.3 Å². The van der Waals surface area contributed by atoms with Crippen LogP contribution in [0.1, 0.15) is 27.0 Å². The van der Waals surface area contributed by atoms with Crippen LogP contribution in [-0.2, 0) is 0 Å². The molecular weight excluding hydrogens is 332 g/mol. The second-order valence-corrected chi connectivity index (χ2v) is 6.98. The number of ketones is 1. The molecule has 23 heavy (non-hydrogen) atoms. The van der Waals surface area contributed by atoms with Crippen molar-refractivity contribution in [2.24, 2.45) is 0 Å². The fourth-order valence-corrected chi connectivity index (χ4v) is 3.76. The Morgan fingerprint density at radius 3 is 2.43 bits per heavy atom. The minimum absolute atomic E-state index is 0.0164. The van der Waals surface area contributed by atoms with Gasteiger partial charge in [0, 0.05) is 36.8 Å². The molecule has 3 rings (SSSR count). The smallest absolute Gasteiger partial charge is 0.254 e. The van der Waals surface area contributed by atoms with Crippen molar-refractivity contribution >= 4 is 39.6 Å². The summed E-state index contributed by atoms with van der Waals surface area (Å²) in [5.41, 5.74) is 0.626. The normalized spacial score (nSPS) is 14.9. The molecule has 0 spiro atoms. The van der Waals surface area contributed by atoms with Crippen LogP contribution in [0.25, 0.3) is 0 Å². The number of carbonyl (C=O) groups excluding carboxylic acids is 2. The molecule has 1 saturated heterocycles. The molecule has 2 heterocycles. The number of halogens is 1. The first-order valence-electron chi connectivity index (χ1n) is 7.45. The summed E-state index contributed by atoms with van der Waals surface area (Å²) in [4.78, 5) is 28.7. The van der Waals surface area contributed by atoms with E-state index in [0.29, 0.717) is 23.7 Å². The van der Waals surface area contributed by atoms with Crippen LogP contribution in [0.3, 0.4) is 0 Å². The van der Waals surface area contributed by atoms with Crippen LogP contribution in [0, 0.1) is 0 Å². The molecule has 6 heteroatoms. The van der Waals surface area contributed by atoms with Crippen LogP contribution in [0.2, 0.25) is 5.02 Å². The largest absolute Gasteiger partial charge is 0.360 e. The SMILES string of the molecule is CC(=O)c1ccc(N2CCN(C(=O)c3cccc(Cl)c3)CC2)s1. The zero-order valence-electron chi connectivity index (χ0n) is 12.8. The van der Waals surface area contributed by atoms with E-state index in [2.05, 4.69) is 4.90 Å². The molecule has 0 radical (unpaired) electrons. The summed E-state index contributed by atoms with van der Waals surface area (Å²) in [6.07, 6.45) is 0. The Morgan fingerprint density at radius 1 is 1.09 bits per heavy atom. The predicted molar refractivity (Wildman–Crippen MR) is 93.9 cm³/mol. The van der Waals surface area contributed by atoms with E-state index in [4.69, 9.17) is 11.6 Å². The molecule has 0 unspecified atom stereocenters. The van der Waals surface area contributed by atoms with Crippen LogP contribution < -0.4 is 4.90 Å². The van der Waals surface area contributed by atoms with E-state index in [0.717, 1.165) is 23.0 Å². The van der Waals surface area contributed by atoms with Gasteiger partial charge in [0.05, 0.1) is 9.88 Å². The lowest BCUT2D eigenvalue weighted by molar-refractivity contribution is 0.0747. The Labute approximate surface area is 144 Å². The minimum atomic E-state index is 0.0164. The maximum atomic E-state index is 12.5. The monoisotopic (exact) mass is 348 g/mol. The number of hydrogen-bond donors (Lipinski definition) is 0. The lowest BCUT2D eigenvalue weighted by atomic mass is 10.2. The van der Waals surface area contributed by atoms with E-state index in [1.54, 1.807) is 31.2 Å². The molecule has 1 aromatic heterocycles. The molecular formula is C17H17ClN2O2S. The van der Waals surface area contributed by atoms with E-state index in [1.807, 2.05) is 17.0 Å². The van der Waals surface area contributed by atoms with Crippen molar-refractivity contribution in [1.29, 1.82) is 0 Å². The first kappa shape index (κ1) is 16.0. The van der Waals surface area contributed by atoms with Crippen LogP contribution in [0.4, 0.5) is 5.00 Å². The average molecular weight is 349 g/mol. The van der Waals surface area contributed by atoms with Crippen LogP contribution >= 0.6 is 22.9 Å². The molecule has 1 aliphatic rings. The van der Waals surface area contributed by atoms with Crippen molar-refractivity contribution in [2.75, 3.05) is 31.1 Å². The van der Waals surface area contributed by atoms with Crippen molar-refractivity contribution in [2.45, 2.75) is 6.92 Å². The highest BCUT2D eigenvalue weighted by molar-refractivity contribution is 7.18. The van der Waals surface area contributed by atoms with E-state index in [9.17, 15) is 9.59 Å². The predicted octanol–water partition coefficient (Wildman–Crippen LogP) is 3.57. The fraction of sp³-hybridized carbons (Fsp3) is 0.294. The van der Waals surface area contributed by atoms with Crippen molar-refractivity contribution in [1.82, 2.24) is 4.90 Å². The third kappa shape index (κ3) is 3.57. The zero-order chi connectivity index (χ0) is 16.4. The molecule has 0 atom stereocenters. The van der Waals surface area contributed by atoms with Gasteiger partial charge in [-0.2, -0.15) is 0 Å². The number of thiophene rings is 1. The number of anilines is 1.